The molecule has 3 aromatic carbocycles. The van der Waals surface area contributed by atoms with E-state index in [0.717, 1.165) is 5.75 Å². The van der Waals surface area contributed by atoms with E-state index in [9.17, 15) is 0 Å². The molecule has 0 saturated heterocycles. The fourth-order valence-electron chi connectivity index (χ4n) is 3.77. The van der Waals surface area contributed by atoms with Gasteiger partial charge in [-0.1, -0.05) is 0 Å². The summed E-state index contributed by atoms with van der Waals surface area (Å²) in [5.41, 5.74) is 0. The maximum atomic E-state index is 2.86. The van der Waals surface area contributed by atoms with Gasteiger partial charge in [-0.15, -0.1) is 0 Å². The first kappa shape index (κ1) is 22.0. The minimum absolute atomic E-state index is 1.08. The normalized spacial score (nSPS) is 14.1. The Hall–Kier alpha value is -0.740. The molecule has 0 aromatic heterocycles. The Bertz CT molecular complexity index is 841. The molecule has 0 heterocycles. The molecule has 0 unspecified atom stereocenters. The van der Waals surface area contributed by atoms with Crippen LogP contribution in [0.2, 0.25) is 0 Å². The van der Waals surface area contributed by atoms with Crippen molar-refractivity contribution in [3.8, 4) is 0 Å². The molecule has 0 aliphatic heterocycles. The second-order valence-corrected chi connectivity index (χ2v) is 18.9. The first-order chi connectivity index (χ1) is 13.6. The molecule has 0 aliphatic carbocycles. The van der Waals surface area contributed by atoms with Crippen molar-refractivity contribution < 1.29 is 0 Å². The second kappa shape index (κ2) is 9.38. The van der Waals surface area contributed by atoms with Crippen LogP contribution >= 0.6 is 49.8 Å². The number of hydrogen-bond acceptors (Lipinski definition) is 2. The number of hydrogen-bond donors (Lipinski definition) is 0. The van der Waals surface area contributed by atoms with Crippen LogP contribution in [0.5, 0.6) is 0 Å². The van der Waals surface area contributed by atoms with E-state index in [1.165, 1.54) is 25.5 Å². The molecule has 0 N–H and O–H groups in total. The molecule has 0 fully saturated rings. The van der Waals surface area contributed by atoms with Gasteiger partial charge in [0.05, 0.1) is 0 Å². The number of halogens is 1. The first-order valence-corrected chi connectivity index (χ1v) is 16.6. The molecule has 4 heteroatoms. The van der Waals surface area contributed by atoms with Gasteiger partial charge in [-0.05, 0) is 0 Å². The van der Waals surface area contributed by atoms with Crippen LogP contribution in [0.15, 0.2) is 101 Å². The van der Waals surface area contributed by atoms with Crippen molar-refractivity contribution in [1.82, 2.24) is 0 Å². The van der Waals surface area contributed by atoms with Crippen LogP contribution in [0.25, 0.3) is 0 Å². The van der Waals surface area contributed by atoms with Gasteiger partial charge in [0.15, 0.2) is 0 Å². The number of benzene rings is 3. The third-order valence-electron chi connectivity index (χ3n) is 5.11. The Balaban J connectivity index is 2.55. The summed E-state index contributed by atoms with van der Waals surface area (Å²) in [5, 5.41) is 5.72. The van der Waals surface area contributed by atoms with Crippen LogP contribution in [0.1, 0.15) is 13.8 Å². The molecule has 0 saturated carbocycles. The van der Waals surface area contributed by atoms with Gasteiger partial charge < -0.3 is 0 Å². The van der Waals surface area contributed by atoms with E-state index in [2.05, 4.69) is 133 Å². The zero-order chi connectivity index (χ0) is 20.1. The Morgan fingerprint density at radius 3 is 1.39 bits per heavy atom. The summed E-state index contributed by atoms with van der Waals surface area (Å²) in [7, 11) is 0. The Morgan fingerprint density at radius 2 is 1.11 bits per heavy atom. The summed E-state index contributed by atoms with van der Waals surface area (Å²) < 4.78 is -1.42. The van der Waals surface area contributed by atoms with Crippen molar-refractivity contribution in [2.75, 3.05) is 12.0 Å². The van der Waals surface area contributed by atoms with Crippen molar-refractivity contribution in [3.63, 3.8) is 0 Å². The summed E-state index contributed by atoms with van der Waals surface area (Å²) >= 11 is 6.70. The summed E-state index contributed by atoms with van der Waals surface area (Å²) in [6.45, 7) is 4.61. The average Bonchev–Trinajstić information content (AvgIpc) is 2.78. The van der Waals surface area contributed by atoms with Crippen molar-refractivity contribution in [3.05, 3.63) is 101 Å². The summed E-state index contributed by atoms with van der Waals surface area (Å²) in [6.07, 6.45) is 2.21. The van der Waals surface area contributed by atoms with Crippen LogP contribution in [-0.4, -0.2) is 12.0 Å². The standard InChI is InChI=1S/C24H26IPS2/c1-4-28-24(27-3)20(2)26(25,21-14-8-5-9-15-21,22-16-10-6-11-17-22)23-18-12-7-13-19-23/h5-19H,4H2,1-3H3/b24-20-. The van der Waals surface area contributed by atoms with Crippen LogP contribution in [0, 0.1) is 0 Å². The third-order valence-corrected chi connectivity index (χ3v) is 20.3. The predicted octanol–water partition coefficient (Wildman–Crippen LogP) is 7.17. The molecule has 0 nitrogen and oxygen atoms in total. The molecule has 146 valence electrons. The number of rotatable bonds is 7. The molecule has 0 aliphatic rings. The molecule has 3 rings (SSSR count). The average molecular weight is 536 g/mol. The second-order valence-electron chi connectivity index (χ2n) is 6.53. The molecule has 0 bridgehead atoms. The van der Waals surface area contributed by atoms with E-state index in [4.69, 9.17) is 0 Å². The van der Waals surface area contributed by atoms with Crippen molar-refractivity contribution >= 4 is 65.7 Å². The predicted molar refractivity (Wildman–Crippen MR) is 144 cm³/mol. The maximum absolute atomic E-state index is 2.86. The molecule has 3 aromatic rings. The number of allylic oxidation sites excluding steroid dienone is 1. The van der Waals surface area contributed by atoms with Crippen LogP contribution in [-0.2, 0) is 0 Å². The van der Waals surface area contributed by atoms with Gasteiger partial charge in [-0.2, -0.15) is 0 Å². The van der Waals surface area contributed by atoms with Gasteiger partial charge in [0, 0.05) is 0 Å². The van der Waals surface area contributed by atoms with E-state index < -0.39 is 4.25 Å². The quantitative estimate of drug-likeness (QED) is 0.232. The molecule has 0 amide bonds. The molecule has 28 heavy (non-hydrogen) atoms. The van der Waals surface area contributed by atoms with Crippen LogP contribution < -0.4 is 15.9 Å². The fraction of sp³-hybridized carbons (Fsp3) is 0.167. The number of thioether (sulfide) groups is 2. The zero-order valence-electron chi connectivity index (χ0n) is 16.5. The molecule has 0 radical (unpaired) electrons. The van der Waals surface area contributed by atoms with Crippen LogP contribution in [0.4, 0.5) is 0 Å². The van der Waals surface area contributed by atoms with E-state index in [-0.39, 0.29) is 0 Å². The van der Waals surface area contributed by atoms with Crippen molar-refractivity contribution in [2.45, 2.75) is 13.8 Å². The molecule has 0 atom stereocenters. The summed E-state index contributed by atoms with van der Waals surface area (Å²) in [4.78, 5) is 0. The first-order valence-electron chi connectivity index (χ1n) is 9.36. The summed E-state index contributed by atoms with van der Waals surface area (Å²) in [5.74, 6) is 1.08. The Labute approximate surface area is 191 Å². The minimum atomic E-state index is -2.86. The Kier molecular flexibility index (Phi) is 7.36. The van der Waals surface area contributed by atoms with Crippen molar-refractivity contribution in [2.24, 2.45) is 0 Å². The van der Waals surface area contributed by atoms with Crippen molar-refractivity contribution in [1.29, 1.82) is 0 Å². The summed E-state index contributed by atoms with van der Waals surface area (Å²) in [6, 6.07) is 33.4. The third kappa shape index (κ3) is 3.60. The fourth-order valence-corrected chi connectivity index (χ4v) is 16.1. The van der Waals surface area contributed by atoms with Crippen LogP contribution in [0.3, 0.4) is 0 Å². The van der Waals surface area contributed by atoms with Gasteiger partial charge in [-0.25, -0.2) is 0 Å². The SMILES string of the molecule is CCS/C(SC)=C(/C)P(I)(c1ccccc1)(c1ccccc1)c1ccccc1. The van der Waals surface area contributed by atoms with E-state index in [1.54, 1.807) is 0 Å². The van der Waals surface area contributed by atoms with E-state index in [1.807, 2.05) is 23.5 Å². The van der Waals surface area contributed by atoms with Gasteiger partial charge in [-0.3, -0.25) is 0 Å². The molecular formula is C24H26IPS2. The van der Waals surface area contributed by atoms with E-state index in [0.29, 0.717) is 0 Å². The van der Waals surface area contributed by atoms with Gasteiger partial charge in [0.2, 0.25) is 0 Å². The van der Waals surface area contributed by atoms with Gasteiger partial charge >= 0.3 is 192 Å². The molecule has 0 spiro atoms. The van der Waals surface area contributed by atoms with E-state index >= 15 is 0 Å². The zero-order valence-corrected chi connectivity index (χ0v) is 21.2. The monoisotopic (exact) mass is 536 g/mol. The van der Waals surface area contributed by atoms with Gasteiger partial charge in [0.1, 0.15) is 0 Å². The topological polar surface area (TPSA) is 0 Å². The Morgan fingerprint density at radius 1 is 0.750 bits per heavy atom. The van der Waals surface area contributed by atoms with Gasteiger partial charge in [0.25, 0.3) is 0 Å². The molecular weight excluding hydrogens is 510 g/mol.